The van der Waals surface area contributed by atoms with Crippen molar-refractivity contribution in [1.29, 1.82) is 0 Å². The van der Waals surface area contributed by atoms with Crippen LogP contribution in [0.3, 0.4) is 0 Å². The number of ketones is 1. The molecule has 0 aliphatic carbocycles. The van der Waals surface area contributed by atoms with Crippen LogP contribution in [0.4, 0.5) is 0 Å². The van der Waals surface area contributed by atoms with Gasteiger partial charge in [0.05, 0.1) is 0 Å². The first-order valence-electron chi connectivity index (χ1n) is 5.51. The highest BCUT2D eigenvalue weighted by Gasteiger charge is 2.14. The predicted molar refractivity (Wildman–Crippen MR) is 67.2 cm³/mol. The summed E-state index contributed by atoms with van der Waals surface area (Å²) in [5.74, 6) is 0.0167. The van der Waals surface area contributed by atoms with Crippen molar-refractivity contribution in [1.82, 2.24) is 15.0 Å². The van der Waals surface area contributed by atoms with Crippen LogP contribution in [-0.2, 0) is 0 Å². The zero-order valence-electron chi connectivity index (χ0n) is 9.45. The highest BCUT2D eigenvalue weighted by atomic mass is 16.1. The van der Waals surface area contributed by atoms with E-state index in [4.69, 9.17) is 0 Å². The molecule has 0 fully saturated rings. The van der Waals surface area contributed by atoms with Crippen LogP contribution in [0.5, 0.6) is 0 Å². The Balaban J connectivity index is 2.18. The monoisotopic (exact) mass is 235 g/mol. The van der Waals surface area contributed by atoms with Gasteiger partial charge in [0.1, 0.15) is 0 Å². The summed E-state index contributed by atoms with van der Waals surface area (Å²) in [6.45, 7) is 0. The van der Waals surface area contributed by atoms with Crippen molar-refractivity contribution in [2.75, 3.05) is 0 Å². The van der Waals surface area contributed by atoms with Gasteiger partial charge in [0.2, 0.25) is 11.6 Å². The number of aromatic nitrogens is 3. The molecule has 86 valence electrons. The third kappa shape index (κ3) is 1.73. The first-order valence-corrected chi connectivity index (χ1v) is 5.51. The van der Waals surface area contributed by atoms with Gasteiger partial charge in [-0.3, -0.25) is 9.78 Å². The van der Waals surface area contributed by atoms with Crippen molar-refractivity contribution in [2.24, 2.45) is 0 Å². The molecular weight excluding hydrogens is 226 g/mol. The Morgan fingerprint density at radius 3 is 2.61 bits per heavy atom. The van der Waals surface area contributed by atoms with Crippen molar-refractivity contribution < 1.29 is 4.79 Å². The highest BCUT2D eigenvalue weighted by molar-refractivity contribution is 6.14. The minimum absolute atomic E-state index is 0.186. The van der Waals surface area contributed by atoms with E-state index in [9.17, 15) is 4.79 Å². The second-order valence-electron chi connectivity index (χ2n) is 3.80. The van der Waals surface area contributed by atoms with Crippen molar-refractivity contribution in [2.45, 2.75) is 0 Å². The van der Waals surface area contributed by atoms with E-state index >= 15 is 0 Å². The van der Waals surface area contributed by atoms with E-state index in [1.54, 1.807) is 36.9 Å². The van der Waals surface area contributed by atoms with Gasteiger partial charge in [-0.25, -0.2) is 9.97 Å². The maximum absolute atomic E-state index is 12.3. The second kappa shape index (κ2) is 4.33. The SMILES string of the molecule is O=C(c1ncccn1)c1cccc2ccncc12. The van der Waals surface area contributed by atoms with Crippen LogP contribution >= 0.6 is 0 Å². The van der Waals surface area contributed by atoms with E-state index in [-0.39, 0.29) is 11.6 Å². The van der Waals surface area contributed by atoms with Gasteiger partial charge in [-0.2, -0.15) is 0 Å². The normalized spacial score (nSPS) is 10.4. The maximum Gasteiger partial charge on any atom is 0.230 e. The summed E-state index contributed by atoms with van der Waals surface area (Å²) in [5, 5.41) is 1.80. The summed E-state index contributed by atoms with van der Waals surface area (Å²) < 4.78 is 0. The molecule has 0 radical (unpaired) electrons. The third-order valence-corrected chi connectivity index (χ3v) is 2.70. The molecule has 0 atom stereocenters. The molecule has 2 aromatic heterocycles. The molecule has 2 heterocycles. The standard InChI is InChI=1S/C14H9N3O/c18-13(14-16-6-2-7-17-14)11-4-1-3-10-5-8-15-9-12(10)11/h1-9H. The summed E-state index contributed by atoms with van der Waals surface area (Å²) >= 11 is 0. The van der Waals surface area contributed by atoms with Crippen molar-refractivity contribution in [3.05, 3.63) is 66.5 Å². The average Bonchev–Trinajstić information content (AvgIpc) is 2.47. The highest BCUT2D eigenvalue weighted by Crippen LogP contribution is 2.19. The number of benzene rings is 1. The minimum atomic E-state index is -0.186. The molecule has 0 bridgehead atoms. The van der Waals surface area contributed by atoms with Gasteiger partial charge < -0.3 is 0 Å². The lowest BCUT2D eigenvalue weighted by atomic mass is 10.0. The van der Waals surface area contributed by atoms with Crippen LogP contribution in [0, 0.1) is 0 Å². The smallest absolute Gasteiger partial charge is 0.230 e. The number of hydrogen-bond acceptors (Lipinski definition) is 4. The summed E-state index contributed by atoms with van der Waals surface area (Å²) in [6, 6.07) is 9.11. The number of fused-ring (bicyclic) bond motifs is 1. The van der Waals surface area contributed by atoms with Gasteiger partial charge in [-0.1, -0.05) is 18.2 Å². The van der Waals surface area contributed by atoms with Crippen molar-refractivity contribution in [3.8, 4) is 0 Å². The van der Waals surface area contributed by atoms with Gasteiger partial charge in [-0.15, -0.1) is 0 Å². The molecule has 4 heteroatoms. The number of nitrogens with zero attached hydrogens (tertiary/aromatic N) is 3. The Bertz CT molecular complexity index is 705. The second-order valence-corrected chi connectivity index (χ2v) is 3.80. The van der Waals surface area contributed by atoms with Gasteiger partial charge in [-0.05, 0) is 17.5 Å². The van der Waals surface area contributed by atoms with Gasteiger partial charge >= 0.3 is 0 Å². The van der Waals surface area contributed by atoms with E-state index in [1.807, 2.05) is 18.2 Å². The number of rotatable bonds is 2. The van der Waals surface area contributed by atoms with Crippen LogP contribution < -0.4 is 0 Å². The fraction of sp³-hybridized carbons (Fsp3) is 0. The van der Waals surface area contributed by atoms with Crippen molar-refractivity contribution >= 4 is 16.6 Å². The van der Waals surface area contributed by atoms with Crippen LogP contribution in [-0.4, -0.2) is 20.7 Å². The Morgan fingerprint density at radius 2 is 1.78 bits per heavy atom. The van der Waals surface area contributed by atoms with Gasteiger partial charge in [0, 0.05) is 35.7 Å². The lowest BCUT2D eigenvalue weighted by Gasteiger charge is -2.03. The molecular formula is C14H9N3O. The number of hydrogen-bond donors (Lipinski definition) is 0. The van der Waals surface area contributed by atoms with E-state index in [0.717, 1.165) is 10.8 Å². The zero-order chi connectivity index (χ0) is 12.4. The zero-order valence-corrected chi connectivity index (χ0v) is 9.45. The summed E-state index contributed by atoms with van der Waals surface area (Å²) in [7, 11) is 0. The van der Waals surface area contributed by atoms with Gasteiger partial charge in [0.25, 0.3) is 0 Å². The quantitative estimate of drug-likeness (QED) is 0.639. The average molecular weight is 235 g/mol. The Kier molecular flexibility index (Phi) is 2.53. The summed E-state index contributed by atoms with van der Waals surface area (Å²) in [6.07, 6.45) is 6.51. The summed E-state index contributed by atoms with van der Waals surface area (Å²) in [5.41, 5.74) is 0.576. The third-order valence-electron chi connectivity index (χ3n) is 2.70. The Morgan fingerprint density at radius 1 is 0.944 bits per heavy atom. The lowest BCUT2D eigenvalue weighted by molar-refractivity contribution is 0.103. The molecule has 0 aliphatic rings. The fourth-order valence-electron chi connectivity index (χ4n) is 1.85. The number of carbonyl (C=O) groups is 1. The topological polar surface area (TPSA) is 55.7 Å². The van der Waals surface area contributed by atoms with Crippen LogP contribution in [0.25, 0.3) is 10.8 Å². The molecule has 3 aromatic rings. The molecule has 0 unspecified atom stereocenters. The summed E-state index contributed by atoms with van der Waals surface area (Å²) in [4.78, 5) is 24.3. The molecule has 1 aromatic carbocycles. The Labute approximate surface area is 103 Å². The van der Waals surface area contributed by atoms with Crippen LogP contribution in [0.1, 0.15) is 16.2 Å². The molecule has 0 saturated heterocycles. The van der Waals surface area contributed by atoms with E-state index < -0.39 is 0 Å². The van der Waals surface area contributed by atoms with Crippen LogP contribution in [0.2, 0.25) is 0 Å². The molecule has 4 nitrogen and oxygen atoms in total. The molecule has 0 amide bonds. The largest absolute Gasteiger partial charge is 0.285 e. The van der Waals surface area contributed by atoms with E-state index in [1.165, 1.54) is 0 Å². The molecule has 18 heavy (non-hydrogen) atoms. The maximum atomic E-state index is 12.3. The minimum Gasteiger partial charge on any atom is -0.285 e. The van der Waals surface area contributed by atoms with Crippen LogP contribution in [0.15, 0.2) is 55.1 Å². The first kappa shape index (κ1) is 10.5. The Hall–Kier alpha value is -2.62. The molecule has 3 rings (SSSR count). The van der Waals surface area contributed by atoms with E-state index in [0.29, 0.717) is 5.56 Å². The number of carbonyl (C=O) groups excluding carboxylic acids is 1. The number of pyridine rings is 1. The molecule has 0 N–H and O–H groups in total. The van der Waals surface area contributed by atoms with Crippen molar-refractivity contribution in [3.63, 3.8) is 0 Å². The first-order chi connectivity index (χ1) is 8.86. The predicted octanol–water partition coefficient (Wildman–Crippen LogP) is 2.26. The molecule has 0 saturated carbocycles. The van der Waals surface area contributed by atoms with E-state index in [2.05, 4.69) is 15.0 Å². The fourth-order valence-corrected chi connectivity index (χ4v) is 1.85. The molecule has 0 spiro atoms. The molecule has 0 aliphatic heterocycles. The van der Waals surface area contributed by atoms with Gasteiger partial charge in [0.15, 0.2) is 0 Å². The lowest BCUT2D eigenvalue weighted by Crippen LogP contribution is -2.06.